The van der Waals surface area contributed by atoms with Crippen LogP contribution in [0.3, 0.4) is 0 Å². The van der Waals surface area contributed by atoms with Crippen molar-refractivity contribution >= 4 is 17.8 Å². The maximum Gasteiger partial charge on any atom is 0.298 e. The van der Waals surface area contributed by atoms with E-state index in [1.807, 2.05) is 23.5 Å². The van der Waals surface area contributed by atoms with Gasteiger partial charge in [-0.3, -0.25) is 9.69 Å². The van der Waals surface area contributed by atoms with E-state index in [4.69, 9.17) is 4.74 Å². The number of rotatable bonds is 8. The molecule has 0 aliphatic heterocycles. The lowest BCUT2D eigenvalue weighted by atomic mass is 9.86. The summed E-state index contributed by atoms with van der Waals surface area (Å²) in [6.45, 7) is 5.06. The quantitative estimate of drug-likeness (QED) is 0.676. The normalized spacial score (nSPS) is 16.8. The van der Waals surface area contributed by atoms with E-state index in [1.165, 1.54) is 22.4 Å². The third-order valence-corrected chi connectivity index (χ3v) is 5.78. The number of ether oxygens (including phenoxy) is 1. The predicted octanol–water partition coefficient (Wildman–Crippen LogP) is 4.10. The van der Waals surface area contributed by atoms with Crippen molar-refractivity contribution in [3.8, 4) is 5.75 Å². The molecule has 0 saturated heterocycles. The van der Waals surface area contributed by atoms with E-state index >= 15 is 0 Å². The molecule has 1 aliphatic carbocycles. The lowest BCUT2D eigenvalue weighted by Gasteiger charge is -2.35. The highest BCUT2D eigenvalue weighted by atomic mass is 32.1. The first kappa shape index (κ1) is 17.2. The van der Waals surface area contributed by atoms with Gasteiger partial charge in [0.15, 0.2) is 0 Å². The molecule has 1 heterocycles. The van der Waals surface area contributed by atoms with Crippen LogP contribution in [-0.2, 0) is 24.1 Å². The average Bonchev–Trinajstić information content (AvgIpc) is 3.12. The first-order valence-electron chi connectivity index (χ1n) is 8.79. The molecule has 128 valence electrons. The van der Waals surface area contributed by atoms with Crippen molar-refractivity contribution < 1.29 is 9.53 Å². The molecule has 1 aromatic carbocycles. The van der Waals surface area contributed by atoms with Crippen LogP contribution in [0.25, 0.3) is 0 Å². The van der Waals surface area contributed by atoms with E-state index in [-0.39, 0.29) is 0 Å². The van der Waals surface area contributed by atoms with E-state index in [2.05, 4.69) is 35.4 Å². The van der Waals surface area contributed by atoms with Crippen LogP contribution < -0.4 is 4.74 Å². The number of nitrogens with zero attached hydrogens (tertiary/aromatic N) is 1. The molecule has 24 heavy (non-hydrogen) atoms. The molecule has 3 rings (SSSR count). The standard InChI is InChI=1S/C20H25NO2S/c1-2-11-21(12-10-18-6-4-13-24-18)17-8-9-19-16(14-17)5-3-7-20(19)23-15-22/h3-7,13,15,17H,2,8-12,14H2,1H3. The largest absolute Gasteiger partial charge is 0.428 e. The van der Waals surface area contributed by atoms with Gasteiger partial charge in [0.1, 0.15) is 5.75 Å². The van der Waals surface area contributed by atoms with Gasteiger partial charge in [-0.2, -0.15) is 0 Å². The number of benzene rings is 1. The third kappa shape index (κ3) is 4.05. The maximum absolute atomic E-state index is 10.7. The van der Waals surface area contributed by atoms with Crippen LogP contribution >= 0.6 is 11.3 Å². The highest BCUT2D eigenvalue weighted by Crippen LogP contribution is 2.31. The van der Waals surface area contributed by atoms with Crippen molar-refractivity contribution in [2.45, 2.75) is 45.1 Å². The fourth-order valence-corrected chi connectivity index (χ4v) is 4.40. The molecular weight excluding hydrogens is 318 g/mol. The van der Waals surface area contributed by atoms with E-state index in [0.717, 1.165) is 44.5 Å². The Bertz CT molecular complexity index is 654. The van der Waals surface area contributed by atoms with Gasteiger partial charge in [0, 0.05) is 17.5 Å². The molecule has 2 aromatic rings. The summed E-state index contributed by atoms with van der Waals surface area (Å²) in [5.74, 6) is 0.738. The second-order valence-electron chi connectivity index (χ2n) is 6.37. The molecule has 0 bridgehead atoms. The van der Waals surface area contributed by atoms with Crippen LogP contribution in [0.2, 0.25) is 0 Å². The first-order valence-corrected chi connectivity index (χ1v) is 9.67. The zero-order chi connectivity index (χ0) is 16.8. The van der Waals surface area contributed by atoms with Crippen molar-refractivity contribution in [3.05, 3.63) is 51.7 Å². The SMILES string of the molecule is CCCN(CCc1cccs1)C1CCc2c(cccc2OC=O)C1. The molecule has 1 aromatic heterocycles. The van der Waals surface area contributed by atoms with Crippen molar-refractivity contribution in [3.63, 3.8) is 0 Å². The Morgan fingerprint density at radius 2 is 2.21 bits per heavy atom. The summed E-state index contributed by atoms with van der Waals surface area (Å²) in [6.07, 6.45) is 5.49. The maximum atomic E-state index is 10.7. The highest BCUT2D eigenvalue weighted by molar-refractivity contribution is 7.09. The van der Waals surface area contributed by atoms with E-state index in [1.54, 1.807) is 0 Å². The molecule has 1 atom stereocenters. The number of carbonyl (C=O) groups is 1. The molecule has 0 amide bonds. The van der Waals surface area contributed by atoms with Crippen LogP contribution in [0.15, 0.2) is 35.7 Å². The third-order valence-electron chi connectivity index (χ3n) is 4.84. The Labute approximate surface area is 148 Å². The number of carbonyl (C=O) groups excluding carboxylic acids is 1. The fourth-order valence-electron chi connectivity index (χ4n) is 3.70. The summed E-state index contributed by atoms with van der Waals surface area (Å²) in [5.41, 5.74) is 2.55. The van der Waals surface area contributed by atoms with Crippen molar-refractivity contribution in [1.29, 1.82) is 0 Å². The smallest absolute Gasteiger partial charge is 0.298 e. The molecule has 0 radical (unpaired) electrons. The molecule has 1 unspecified atom stereocenters. The number of thiophene rings is 1. The average molecular weight is 343 g/mol. The van der Waals surface area contributed by atoms with Crippen LogP contribution in [0.1, 0.15) is 35.8 Å². The van der Waals surface area contributed by atoms with Crippen LogP contribution in [-0.4, -0.2) is 30.5 Å². The van der Waals surface area contributed by atoms with E-state index in [0.29, 0.717) is 12.5 Å². The summed E-state index contributed by atoms with van der Waals surface area (Å²) in [6, 6.07) is 11.0. The lowest BCUT2D eigenvalue weighted by molar-refractivity contribution is -0.120. The Morgan fingerprint density at radius 3 is 2.96 bits per heavy atom. The molecule has 0 saturated carbocycles. The minimum atomic E-state index is 0.534. The lowest BCUT2D eigenvalue weighted by Crippen LogP contribution is -2.41. The Kier molecular flexibility index (Phi) is 6.05. The van der Waals surface area contributed by atoms with Gasteiger partial charge < -0.3 is 4.74 Å². The van der Waals surface area contributed by atoms with Gasteiger partial charge in [-0.1, -0.05) is 25.1 Å². The van der Waals surface area contributed by atoms with E-state index < -0.39 is 0 Å². The number of hydrogen-bond acceptors (Lipinski definition) is 4. The highest BCUT2D eigenvalue weighted by Gasteiger charge is 2.25. The monoisotopic (exact) mass is 343 g/mol. The van der Waals surface area contributed by atoms with Gasteiger partial charge in [-0.05, 0) is 67.3 Å². The van der Waals surface area contributed by atoms with Crippen LogP contribution in [0.5, 0.6) is 5.75 Å². The second kappa shape index (κ2) is 8.45. The summed E-state index contributed by atoms with van der Waals surface area (Å²) in [4.78, 5) is 14.8. The first-order chi connectivity index (χ1) is 11.8. The fraction of sp³-hybridized carbons (Fsp3) is 0.450. The van der Waals surface area contributed by atoms with Gasteiger partial charge in [0.2, 0.25) is 0 Å². The molecular formula is C20H25NO2S. The summed E-state index contributed by atoms with van der Waals surface area (Å²) < 4.78 is 5.15. The van der Waals surface area contributed by atoms with Gasteiger partial charge in [-0.15, -0.1) is 11.3 Å². The summed E-state index contributed by atoms with van der Waals surface area (Å²) in [7, 11) is 0. The van der Waals surface area contributed by atoms with Crippen LogP contribution in [0.4, 0.5) is 0 Å². The summed E-state index contributed by atoms with van der Waals surface area (Å²) >= 11 is 1.85. The predicted molar refractivity (Wildman–Crippen MR) is 98.8 cm³/mol. The number of fused-ring (bicyclic) bond motifs is 1. The van der Waals surface area contributed by atoms with Crippen LogP contribution in [0, 0.1) is 0 Å². The Morgan fingerprint density at radius 1 is 1.29 bits per heavy atom. The second-order valence-corrected chi connectivity index (χ2v) is 7.40. The van der Waals surface area contributed by atoms with Crippen molar-refractivity contribution in [2.24, 2.45) is 0 Å². The Balaban J connectivity index is 1.69. The van der Waals surface area contributed by atoms with Gasteiger partial charge in [0.05, 0.1) is 0 Å². The molecule has 0 spiro atoms. The Hall–Kier alpha value is -1.65. The van der Waals surface area contributed by atoms with Gasteiger partial charge in [0.25, 0.3) is 6.47 Å². The molecule has 4 heteroatoms. The van der Waals surface area contributed by atoms with Gasteiger partial charge in [-0.25, -0.2) is 0 Å². The summed E-state index contributed by atoms with van der Waals surface area (Å²) in [5, 5.41) is 2.16. The minimum absolute atomic E-state index is 0.534. The molecule has 0 fully saturated rings. The van der Waals surface area contributed by atoms with Gasteiger partial charge >= 0.3 is 0 Å². The minimum Gasteiger partial charge on any atom is -0.428 e. The van der Waals surface area contributed by atoms with Crippen molar-refractivity contribution in [1.82, 2.24) is 4.90 Å². The molecule has 3 nitrogen and oxygen atoms in total. The number of hydrogen-bond donors (Lipinski definition) is 0. The topological polar surface area (TPSA) is 29.5 Å². The zero-order valence-corrected chi connectivity index (χ0v) is 15.1. The molecule has 1 aliphatic rings. The van der Waals surface area contributed by atoms with Crippen molar-refractivity contribution in [2.75, 3.05) is 13.1 Å². The molecule has 0 N–H and O–H groups in total. The van der Waals surface area contributed by atoms with E-state index in [9.17, 15) is 4.79 Å². The zero-order valence-electron chi connectivity index (χ0n) is 14.2.